The molecule has 2 N–H and O–H groups in total. The second-order valence-corrected chi connectivity index (χ2v) is 4.73. The Hall–Kier alpha value is -0.350. The molecule has 0 aliphatic rings. The van der Waals surface area contributed by atoms with E-state index in [9.17, 15) is 8.42 Å². The fourth-order valence-electron chi connectivity index (χ4n) is 0.614. The first kappa shape index (κ1) is 10.7. The second kappa shape index (κ2) is 5.32. The standard InChI is InChI=1S/C7H15NO2S/c1-11(9,10)7-5-3-2-4-6-8/h2-3H,4-8H2,1H3. The Balaban J connectivity index is 3.42. The van der Waals surface area contributed by atoms with E-state index in [1.165, 1.54) is 6.26 Å². The van der Waals surface area contributed by atoms with Crippen molar-refractivity contribution in [2.75, 3.05) is 18.6 Å². The van der Waals surface area contributed by atoms with Crippen molar-refractivity contribution in [3.63, 3.8) is 0 Å². The minimum Gasteiger partial charge on any atom is -0.330 e. The highest BCUT2D eigenvalue weighted by molar-refractivity contribution is 7.90. The molecule has 0 saturated carbocycles. The van der Waals surface area contributed by atoms with E-state index in [1.54, 1.807) is 0 Å². The van der Waals surface area contributed by atoms with Crippen LogP contribution in [0.25, 0.3) is 0 Å². The van der Waals surface area contributed by atoms with E-state index in [2.05, 4.69) is 0 Å². The van der Waals surface area contributed by atoms with Crippen LogP contribution in [0.4, 0.5) is 0 Å². The van der Waals surface area contributed by atoms with Gasteiger partial charge in [0.25, 0.3) is 0 Å². The average molecular weight is 177 g/mol. The monoisotopic (exact) mass is 177 g/mol. The predicted molar refractivity (Wildman–Crippen MR) is 47.1 cm³/mol. The van der Waals surface area contributed by atoms with Crippen LogP contribution in [0.5, 0.6) is 0 Å². The molecule has 0 fully saturated rings. The van der Waals surface area contributed by atoms with E-state index >= 15 is 0 Å². The molecule has 66 valence electrons. The molecule has 0 saturated heterocycles. The van der Waals surface area contributed by atoms with Crippen LogP contribution in [0.3, 0.4) is 0 Å². The third kappa shape index (κ3) is 9.65. The molecule has 0 spiro atoms. The molecule has 0 aromatic heterocycles. The largest absolute Gasteiger partial charge is 0.330 e. The van der Waals surface area contributed by atoms with Crippen molar-refractivity contribution in [3.8, 4) is 0 Å². The average Bonchev–Trinajstić information content (AvgIpc) is 1.85. The quantitative estimate of drug-likeness (QED) is 0.615. The Kier molecular flexibility index (Phi) is 5.15. The maximum atomic E-state index is 10.6. The van der Waals surface area contributed by atoms with E-state index < -0.39 is 9.84 Å². The van der Waals surface area contributed by atoms with Gasteiger partial charge in [-0.25, -0.2) is 8.42 Å². The van der Waals surface area contributed by atoms with Crippen molar-refractivity contribution in [2.45, 2.75) is 12.8 Å². The lowest BCUT2D eigenvalue weighted by Gasteiger charge is -1.91. The van der Waals surface area contributed by atoms with Crippen LogP contribution < -0.4 is 5.73 Å². The van der Waals surface area contributed by atoms with Crippen molar-refractivity contribution in [1.82, 2.24) is 0 Å². The van der Waals surface area contributed by atoms with Gasteiger partial charge in [0.05, 0.1) is 5.75 Å². The van der Waals surface area contributed by atoms with Crippen molar-refractivity contribution in [2.24, 2.45) is 5.73 Å². The molecule has 0 aliphatic carbocycles. The summed E-state index contributed by atoms with van der Waals surface area (Å²) in [4.78, 5) is 0. The van der Waals surface area contributed by atoms with Gasteiger partial charge >= 0.3 is 0 Å². The summed E-state index contributed by atoms with van der Waals surface area (Å²) in [5, 5.41) is 0. The zero-order valence-electron chi connectivity index (χ0n) is 6.79. The van der Waals surface area contributed by atoms with Crippen LogP contribution in [-0.4, -0.2) is 27.0 Å². The summed E-state index contributed by atoms with van der Waals surface area (Å²) in [6, 6.07) is 0. The van der Waals surface area contributed by atoms with Crippen molar-refractivity contribution >= 4 is 9.84 Å². The van der Waals surface area contributed by atoms with Gasteiger partial charge in [-0.05, 0) is 19.4 Å². The summed E-state index contributed by atoms with van der Waals surface area (Å²) >= 11 is 0. The molecule has 0 unspecified atom stereocenters. The number of sulfone groups is 1. The van der Waals surface area contributed by atoms with Crippen molar-refractivity contribution in [1.29, 1.82) is 0 Å². The van der Waals surface area contributed by atoms with Gasteiger partial charge in [-0.1, -0.05) is 12.2 Å². The molecule has 11 heavy (non-hydrogen) atoms. The van der Waals surface area contributed by atoms with Crippen LogP contribution in [0.2, 0.25) is 0 Å². The van der Waals surface area contributed by atoms with Crippen molar-refractivity contribution in [3.05, 3.63) is 12.2 Å². The lowest BCUT2D eigenvalue weighted by Crippen LogP contribution is -2.01. The minimum absolute atomic E-state index is 0.230. The predicted octanol–water partition coefficient (Wildman–Crippen LogP) is 0.326. The number of hydrogen-bond donors (Lipinski definition) is 1. The molecule has 4 heteroatoms. The minimum atomic E-state index is -2.79. The van der Waals surface area contributed by atoms with Gasteiger partial charge in [0.2, 0.25) is 0 Å². The molecule has 0 aromatic rings. The zero-order valence-corrected chi connectivity index (χ0v) is 7.60. The molecule has 0 bridgehead atoms. The molecule has 0 aromatic carbocycles. The maximum absolute atomic E-state index is 10.6. The summed E-state index contributed by atoms with van der Waals surface area (Å²) in [5.41, 5.74) is 5.23. The van der Waals surface area contributed by atoms with Gasteiger partial charge in [0, 0.05) is 6.26 Å². The number of nitrogens with two attached hydrogens (primary N) is 1. The van der Waals surface area contributed by atoms with Crippen LogP contribution in [0.15, 0.2) is 12.2 Å². The lowest BCUT2D eigenvalue weighted by atomic mass is 10.3. The Morgan fingerprint density at radius 2 is 1.82 bits per heavy atom. The SMILES string of the molecule is CS(=O)(=O)CCC=CCCN. The summed E-state index contributed by atoms with van der Waals surface area (Å²) in [6.45, 7) is 0.620. The molecule has 0 atom stereocenters. The first-order valence-electron chi connectivity index (χ1n) is 3.59. The van der Waals surface area contributed by atoms with E-state index in [-0.39, 0.29) is 5.75 Å². The molecule has 0 heterocycles. The molecule has 3 nitrogen and oxygen atoms in total. The zero-order chi connectivity index (χ0) is 8.74. The molecule has 0 amide bonds. The maximum Gasteiger partial charge on any atom is 0.147 e. The fraction of sp³-hybridized carbons (Fsp3) is 0.714. The van der Waals surface area contributed by atoms with Crippen molar-refractivity contribution < 1.29 is 8.42 Å². The highest BCUT2D eigenvalue weighted by atomic mass is 32.2. The van der Waals surface area contributed by atoms with E-state index in [0.717, 1.165) is 6.42 Å². The first-order valence-corrected chi connectivity index (χ1v) is 5.65. The lowest BCUT2D eigenvalue weighted by molar-refractivity contribution is 0.601. The van der Waals surface area contributed by atoms with Gasteiger partial charge in [0.1, 0.15) is 9.84 Å². The van der Waals surface area contributed by atoms with Crippen LogP contribution in [-0.2, 0) is 9.84 Å². The fourth-order valence-corrected chi connectivity index (χ4v) is 1.18. The van der Waals surface area contributed by atoms with Gasteiger partial charge in [-0.15, -0.1) is 0 Å². The first-order chi connectivity index (χ1) is 5.06. The van der Waals surface area contributed by atoms with Gasteiger partial charge in [-0.2, -0.15) is 0 Å². The normalized spacial score (nSPS) is 12.5. The Morgan fingerprint density at radius 1 is 1.27 bits per heavy atom. The van der Waals surface area contributed by atoms with E-state index in [4.69, 9.17) is 5.73 Å². The number of allylic oxidation sites excluding steroid dienone is 1. The summed E-state index contributed by atoms with van der Waals surface area (Å²) < 4.78 is 21.2. The Labute approximate surface area is 68.2 Å². The van der Waals surface area contributed by atoms with Crippen LogP contribution >= 0.6 is 0 Å². The summed E-state index contributed by atoms with van der Waals surface area (Å²) in [6.07, 6.45) is 6.42. The third-order valence-electron chi connectivity index (χ3n) is 1.16. The smallest absolute Gasteiger partial charge is 0.147 e. The van der Waals surface area contributed by atoms with Gasteiger partial charge in [0.15, 0.2) is 0 Å². The molecule has 0 aliphatic heterocycles. The van der Waals surface area contributed by atoms with Crippen LogP contribution in [0.1, 0.15) is 12.8 Å². The number of rotatable bonds is 5. The number of hydrogen-bond acceptors (Lipinski definition) is 3. The third-order valence-corrected chi connectivity index (χ3v) is 2.13. The topological polar surface area (TPSA) is 60.2 Å². The molecular formula is C7H15NO2S. The molecule has 0 rings (SSSR count). The summed E-state index contributed by atoms with van der Waals surface area (Å²) in [7, 11) is -2.79. The van der Waals surface area contributed by atoms with E-state index in [1.807, 2.05) is 12.2 Å². The Morgan fingerprint density at radius 3 is 2.27 bits per heavy atom. The molecule has 0 radical (unpaired) electrons. The van der Waals surface area contributed by atoms with Gasteiger partial charge < -0.3 is 5.73 Å². The summed E-state index contributed by atoms with van der Waals surface area (Å²) in [5.74, 6) is 0.230. The Bertz CT molecular complexity index is 206. The molecular weight excluding hydrogens is 162 g/mol. The van der Waals surface area contributed by atoms with Crippen LogP contribution in [0, 0.1) is 0 Å². The highest BCUT2D eigenvalue weighted by Crippen LogP contribution is 1.91. The van der Waals surface area contributed by atoms with Gasteiger partial charge in [-0.3, -0.25) is 0 Å². The highest BCUT2D eigenvalue weighted by Gasteiger charge is 1.97. The second-order valence-electron chi connectivity index (χ2n) is 2.47. The van der Waals surface area contributed by atoms with E-state index in [0.29, 0.717) is 13.0 Å².